The summed E-state index contributed by atoms with van der Waals surface area (Å²) < 4.78 is 32.7. The number of hydrogen-bond donors (Lipinski definition) is 1. The third-order valence-electron chi connectivity index (χ3n) is 4.28. The summed E-state index contributed by atoms with van der Waals surface area (Å²) in [5.74, 6) is 0. The van der Waals surface area contributed by atoms with E-state index >= 15 is 0 Å². The molecule has 23 heavy (non-hydrogen) atoms. The molecule has 0 fully saturated rings. The lowest BCUT2D eigenvalue weighted by molar-refractivity contribution is 0.484. The summed E-state index contributed by atoms with van der Waals surface area (Å²) in [6, 6.07) is 10.8. The molecule has 0 saturated carbocycles. The van der Waals surface area contributed by atoms with Gasteiger partial charge < -0.3 is 0 Å². The van der Waals surface area contributed by atoms with Crippen molar-refractivity contribution in [2.45, 2.75) is 63.2 Å². The number of benzene rings is 2. The number of rotatable bonds is 9. The van der Waals surface area contributed by atoms with Crippen LogP contribution < -0.4 is 0 Å². The quantitative estimate of drug-likeness (QED) is 0.495. The van der Waals surface area contributed by atoms with E-state index in [-0.39, 0.29) is 4.90 Å². The van der Waals surface area contributed by atoms with Crippen molar-refractivity contribution in [3.63, 3.8) is 0 Å². The Morgan fingerprint density at radius 3 is 2.13 bits per heavy atom. The predicted octanol–water partition coefficient (Wildman–Crippen LogP) is 5.38. The molecule has 0 spiro atoms. The van der Waals surface area contributed by atoms with Gasteiger partial charge in [0.05, 0.1) is 0 Å². The second-order valence-electron chi connectivity index (χ2n) is 6.12. The molecule has 0 amide bonds. The van der Waals surface area contributed by atoms with Crippen LogP contribution in [0.1, 0.15) is 57.4 Å². The van der Waals surface area contributed by atoms with Crippen molar-refractivity contribution in [2.24, 2.45) is 0 Å². The van der Waals surface area contributed by atoms with E-state index < -0.39 is 10.1 Å². The van der Waals surface area contributed by atoms with Crippen LogP contribution in [0.5, 0.6) is 0 Å². The van der Waals surface area contributed by atoms with Crippen LogP contribution in [0.25, 0.3) is 10.8 Å². The Hall–Kier alpha value is -1.39. The minimum atomic E-state index is -4.20. The highest BCUT2D eigenvalue weighted by molar-refractivity contribution is 7.86. The molecule has 2 rings (SSSR count). The zero-order chi connectivity index (χ0) is 16.7. The zero-order valence-corrected chi connectivity index (χ0v) is 14.6. The minimum Gasteiger partial charge on any atom is -0.282 e. The van der Waals surface area contributed by atoms with Crippen LogP contribution in [0.4, 0.5) is 0 Å². The van der Waals surface area contributed by atoms with Crippen LogP contribution in [0.15, 0.2) is 41.3 Å². The Balaban J connectivity index is 2.09. The highest BCUT2D eigenvalue weighted by Gasteiger charge is 2.15. The lowest BCUT2D eigenvalue weighted by Gasteiger charge is -2.10. The fraction of sp³-hybridized carbons (Fsp3) is 0.474. The third kappa shape index (κ3) is 5.05. The van der Waals surface area contributed by atoms with Crippen LogP contribution in [0.2, 0.25) is 0 Å². The molecule has 0 bridgehead atoms. The van der Waals surface area contributed by atoms with Gasteiger partial charge in [0.25, 0.3) is 10.1 Å². The molecule has 0 heterocycles. The van der Waals surface area contributed by atoms with E-state index in [2.05, 4.69) is 6.92 Å². The first kappa shape index (κ1) is 18.0. The SMILES string of the molecule is CCCCCCCCCc1cccc2cccc(S(=O)(=O)O)c12. The monoisotopic (exact) mass is 334 g/mol. The molecule has 0 aliphatic heterocycles. The van der Waals surface area contributed by atoms with Gasteiger partial charge in [-0.3, -0.25) is 4.55 Å². The number of fused-ring (bicyclic) bond motifs is 1. The van der Waals surface area contributed by atoms with Gasteiger partial charge in [-0.15, -0.1) is 0 Å². The largest absolute Gasteiger partial charge is 0.295 e. The Morgan fingerprint density at radius 2 is 1.48 bits per heavy atom. The molecule has 0 aliphatic carbocycles. The second kappa shape index (κ2) is 8.46. The van der Waals surface area contributed by atoms with Gasteiger partial charge in [-0.2, -0.15) is 8.42 Å². The van der Waals surface area contributed by atoms with Crippen LogP contribution in [-0.2, 0) is 16.5 Å². The normalized spacial score (nSPS) is 11.9. The van der Waals surface area contributed by atoms with Gasteiger partial charge in [-0.1, -0.05) is 75.8 Å². The van der Waals surface area contributed by atoms with Crippen molar-refractivity contribution in [1.82, 2.24) is 0 Å². The molecule has 0 aromatic heterocycles. The molecule has 0 unspecified atom stereocenters. The first-order valence-electron chi connectivity index (χ1n) is 8.52. The van der Waals surface area contributed by atoms with E-state index in [0.29, 0.717) is 5.39 Å². The van der Waals surface area contributed by atoms with Crippen molar-refractivity contribution in [3.8, 4) is 0 Å². The van der Waals surface area contributed by atoms with E-state index in [0.717, 1.165) is 30.2 Å². The van der Waals surface area contributed by atoms with Crippen LogP contribution >= 0.6 is 0 Å². The van der Waals surface area contributed by atoms with E-state index in [1.807, 2.05) is 24.3 Å². The topological polar surface area (TPSA) is 54.4 Å². The molecule has 2 aromatic carbocycles. The minimum absolute atomic E-state index is 0.0218. The maximum absolute atomic E-state index is 11.6. The molecule has 0 aliphatic rings. The van der Waals surface area contributed by atoms with Crippen LogP contribution in [0, 0.1) is 0 Å². The summed E-state index contributed by atoms with van der Waals surface area (Å²) in [7, 11) is -4.20. The van der Waals surface area contributed by atoms with Gasteiger partial charge in [0.2, 0.25) is 0 Å². The van der Waals surface area contributed by atoms with Gasteiger partial charge in [0.1, 0.15) is 4.90 Å². The molecular weight excluding hydrogens is 308 g/mol. The van der Waals surface area contributed by atoms with Crippen LogP contribution in [0.3, 0.4) is 0 Å². The molecule has 0 radical (unpaired) electrons. The van der Waals surface area contributed by atoms with Crippen molar-refractivity contribution < 1.29 is 13.0 Å². The summed E-state index contributed by atoms with van der Waals surface area (Å²) in [6.45, 7) is 2.22. The summed E-state index contributed by atoms with van der Waals surface area (Å²) in [4.78, 5) is 0.0218. The fourth-order valence-electron chi connectivity index (χ4n) is 3.08. The molecule has 126 valence electrons. The lowest BCUT2D eigenvalue weighted by atomic mass is 9.99. The first-order valence-corrected chi connectivity index (χ1v) is 9.96. The van der Waals surface area contributed by atoms with E-state index in [1.165, 1.54) is 38.2 Å². The molecule has 4 heteroatoms. The maximum atomic E-state index is 11.6. The van der Waals surface area contributed by atoms with E-state index in [4.69, 9.17) is 0 Å². The molecule has 3 nitrogen and oxygen atoms in total. The number of aryl methyl sites for hydroxylation is 1. The molecule has 1 N–H and O–H groups in total. The number of unbranched alkanes of at least 4 members (excludes halogenated alkanes) is 6. The Morgan fingerprint density at radius 1 is 0.870 bits per heavy atom. The van der Waals surface area contributed by atoms with Gasteiger partial charge in [-0.05, 0) is 29.9 Å². The van der Waals surface area contributed by atoms with Crippen LogP contribution in [-0.4, -0.2) is 13.0 Å². The number of hydrogen-bond acceptors (Lipinski definition) is 2. The molecular formula is C19H26O3S. The maximum Gasteiger partial charge on any atom is 0.295 e. The van der Waals surface area contributed by atoms with Crippen molar-refractivity contribution in [1.29, 1.82) is 0 Å². The Kier molecular flexibility index (Phi) is 6.60. The summed E-state index contributed by atoms with van der Waals surface area (Å²) >= 11 is 0. The molecule has 0 saturated heterocycles. The van der Waals surface area contributed by atoms with Gasteiger partial charge in [-0.25, -0.2) is 0 Å². The third-order valence-corrected chi connectivity index (χ3v) is 5.18. The van der Waals surface area contributed by atoms with Crippen molar-refractivity contribution in [2.75, 3.05) is 0 Å². The van der Waals surface area contributed by atoms with Gasteiger partial charge in [0, 0.05) is 5.39 Å². The fourth-order valence-corrected chi connectivity index (χ4v) is 3.84. The predicted molar refractivity (Wildman–Crippen MR) is 95.5 cm³/mol. The first-order chi connectivity index (χ1) is 11.0. The van der Waals surface area contributed by atoms with Crippen molar-refractivity contribution in [3.05, 3.63) is 42.0 Å². The Bertz CT molecular complexity index is 730. The van der Waals surface area contributed by atoms with E-state index in [9.17, 15) is 13.0 Å². The highest BCUT2D eigenvalue weighted by Crippen LogP contribution is 2.27. The average molecular weight is 334 g/mol. The smallest absolute Gasteiger partial charge is 0.282 e. The second-order valence-corrected chi connectivity index (χ2v) is 7.51. The lowest BCUT2D eigenvalue weighted by Crippen LogP contribution is -2.01. The molecule has 0 atom stereocenters. The Labute approximate surface area is 139 Å². The van der Waals surface area contributed by atoms with E-state index in [1.54, 1.807) is 6.07 Å². The summed E-state index contributed by atoms with van der Waals surface area (Å²) in [5, 5.41) is 1.53. The van der Waals surface area contributed by atoms with Gasteiger partial charge in [0.15, 0.2) is 0 Å². The summed E-state index contributed by atoms with van der Waals surface area (Å²) in [5.41, 5.74) is 1.00. The average Bonchev–Trinajstić information content (AvgIpc) is 2.52. The highest BCUT2D eigenvalue weighted by atomic mass is 32.2. The molecule has 2 aromatic rings. The summed E-state index contributed by atoms with van der Waals surface area (Å²) in [6.07, 6.45) is 9.43. The van der Waals surface area contributed by atoms with Gasteiger partial charge >= 0.3 is 0 Å². The van der Waals surface area contributed by atoms with Crippen molar-refractivity contribution >= 4 is 20.9 Å². The zero-order valence-electron chi connectivity index (χ0n) is 13.8. The standard InChI is InChI=1S/C19H26O3S/c1-2-3-4-5-6-7-8-11-16-12-9-13-17-14-10-15-18(19(16)17)23(20,21)22/h9-10,12-15H,2-8,11H2,1H3,(H,20,21,22).